The van der Waals surface area contributed by atoms with Gasteiger partial charge >= 0.3 is 0 Å². The van der Waals surface area contributed by atoms with Gasteiger partial charge in [-0.15, -0.1) is 0 Å². The number of sulfonamides is 1. The van der Waals surface area contributed by atoms with Gasteiger partial charge in [0.1, 0.15) is 0 Å². The van der Waals surface area contributed by atoms with Crippen molar-refractivity contribution in [1.82, 2.24) is 18.2 Å². The Balaban J connectivity index is 1.37. The normalized spacial score (nSPS) is 23.6. The van der Waals surface area contributed by atoms with Crippen LogP contribution in [0.2, 0.25) is 0 Å². The van der Waals surface area contributed by atoms with E-state index in [4.69, 9.17) is 4.74 Å². The lowest BCUT2D eigenvalue weighted by Gasteiger charge is -2.35. The van der Waals surface area contributed by atoms with E-state index in [9.17, 15) is 21.6 Å². The van der Waals surface area contributed by atoms with E-state index < -0.39 is 20.2 Å². The zero-order valence-corrected chi connectivity index (χ0v) is 19.6. The Bertz CT molecular complexity index is 1030. The molecule has 1 unspecified atom stereocenters. The second-order valence-electron chi connectivity index (χ2n) is 8.32. The number of amides is 1. The number of benzene rings is 1. The van der Waals surface area contributed by atoms with E-state index >= 15 is 0 Å². The number of carbonyl (C=O) groups is 1. The Hall–Kier alpha value is -1.57. The van der Waals surface area contributed by atoms with Gasteiger partial charge in [-0.05, 0) is 43.9 Å². The summed E-state index contributed by atoms with van der Waals surface area (Å²) in [6.45, 7) is 2.92. The maximum absolute atomic E-state index is 13.0. The number of hydrogen-bond donors (Lipinski definition) is 1. The van der Waals surface area contributed by atoms with Gasteiger partial charge in [-0.25, -0.2) is 13.1 Å². The fraction of sp³-hybridized carbons (Fsp3) is 0.650. The average Bonchev–Trinajstić information content (AvgIpc) is 3.52. The van der Waals surface area contributed by atoms with Crippen molar-refractivity contribution in [2.45, 2.75) is 36.7 Å². The Morgan fingerprint density at radius 3 is 2.31 bits per heavy atom. The van der Waals surface area contributed by atoms with E-state index in [0.29, 0.717) is 19.7 Å². The van der Waals surface area contributed by atoms with Gasteiger partial charge in [0.05, 0.1) is 11.0 Å². The molecule has 12 heteroatoms. The Labute approximate surface area is 189 Å². The molecule has 3 aliphatic heterocycles. The number of hydrogen-bond acceptors (Lipinski definition) is 6. The molecule has 0 aliphatic carbocycles. The number of ether oxygens (including phenoxy) is 1. The van der Waals surface area contributed by atoms with Crippen LogP contribution in [0.5, 0.6) is 0 Å². The topological polar surface area (TPSA) is 116 Å². The largest absolute Gasteiger partial charge is 0.377 e. The van der Waals surface area contributed by atoms with Crippen LogP contribution in [0.25, 0.3) is 0 Å². The first-order chi connectivity index (χ1) is 15.3. The number of nitrogens with zero attached hydrogens (tertiary/aromatic N) is 3. The first-order valence-electron chi connectivity index (χ1n) is 11.0. The molecular weight excluding hydrogens is 456 g/mol. The first-order valence-corrected chi connectivity index (χ1v) is 13.9. The summed E-state index contributed by atoms with van der Waals surface area (Å²) in [5, 5.41) is 0. The molecule has 3 fully saturated rings. The minimum Gasteiger partial charge on any atom is -0.377 e. The molecule has 10 nitrogen and oxygen atoms in total. The molecule has 0 aromatic heterocycles. The van der Waals surface area contributed by atoms with E-state index in [1.54, 1.807) is 17.0 Å². The summed E-state index contributed by atoms with van der Waals surface area (Å²) in [4.78, 5) is 14.6. The minimum absolute atomic E-state index is 0.0246. The van der Waals surface area contributed by atoms with Crippen molar-refractivity contribution in [3.63, 3.8) is 0 Å². The summed E-state index contributed by atoms with van der Waals surface area (Å²) in [6.07, 6.45) is 3.37. The number of carbonyl (C=O) groups excluding carboxylic acids is 1. The molecule has 1 atom stereocenters. The smallest absolute Gasteiger partial charge is 0.282 e. The third-order valence-corrected chi connectivity index (χ3v) is 9.62. The van der Waals surface area contributed by atoms with E-state index in [-0.39, 0.29) is 55.2 Å². The van der Waals surface area contributed by atoms with Gasteiger partial charge in [-0.3, -0.25) is 4.79 Å². The van der Waals surface area contributed by atoms with Crippen molar-refractivity contribution in [1.29, 1.82) is 0 Å². The molecule has 3 heterocycles. The molecule has 1 aromatic carbocycles. The van der Waals surface area contributed by atoms with Crippen LogP contribution in [0.3, 0.4) is 0 Å². The lowest BCUT2D eigenvalue weighted by Crippen LogP contribution is -2.53. The van der Waals surface area contributed by atoms with Crippen LogP contribution in [0.1, 0.15) is 36.0 Å². The predicted molar refractivity (Wildman–Crippen MR) is 118 cm³/mol. The summed E-state index contributed by atoms with van der Waals surface area (Å²) in [7, 11) is -7.25. The van der Waals surface area contributed by atoms with Crippen molar-refractivity contribution >= 4 is 26.1 Å². The highest BCUT2D eigenvalue weighted by Crippen LogP contribution is 2.20. The zero-order chi connectivity index (χ0) is 22.8. The first kappa shape index (κ1) is 23.6. The van der Waals surface area contributed by atoms with Crippen LogP contribution >= 0.6 is 0 Å². The molecule has 3 saturated heterocycles. The second-order valence-corrected chi connectivity index (χ2v) is 12.0. The summed E-state index contributed by atoms with van der Waals surface area (Å²) < 4.78 is 61.7. The van der Waals surface area contributed by atoms with Crippen LogP contribution in [0, 0.1) is 0 Å². The molecule has 32 heavy (non-hydrogen) atoms. The molecule has 1 N–H and O–H groups in total. The van der Waals surface area contributed by atoms with Crippen molar-refractivity contribution in [2.24, 2.45) is 0 Å². The number of nitrogens with one attached hydrogen (secondary N) is 1. The molecule has 3 aliphatic rings. The van der Waals surface area contributed by atoms with Crippen molar-refractivity contribution in [3.8, 4) is 0 Å². The highest BCUT2D eigenvalue weighted by molar-refractivity contribution is 7.89. The fourth-order valence-corrected chi connectivity index (χ4v) is 7.06. The van der Waals surface area contributed by atoms with Crippen LogP contribution < -0.4 is 4.72 Å². The van der Waals surface area contributed by atoms with Crippen LogP contribution in [0.15, 0.2) is 29.2 Å². The molecule has 0 saturated carbocycles. The van der Waals surface area contributed by atoms with E-state index in [1.807, 2.05) is 0 Å². The lowest BCUT2D eigenvalue weighted by molar-refractivity contribution is 0.0694. The molecule has 4 rings (SSSR count). The lowest BCUT2D eigenvalue weighted by atomic mass is 10.2. The molecule has 0 spiro atoms. The monoisotopic (exact) mass is 486 g/mol. The number of rotatable bonds is 7. The Morgan fingerprint density at radius 2 is 1.66 bits per heavy atom. The van der Waals surface area contributed by atoms with Crippen LogP contribution in [-0.4, -0.2) is 94.8 Å². The molecular formula is C20H30N4O6S2. The van der Waals surface area contributed by atoms with Gasteiger partial charge in [0.2, 0.25) is 10.0 Å². The van der Waals surface area contributed by atoms with E-state index in [2.05, 4.69) is 4.72 Å². The minimum atomic E-state index is -3.77. The van der Waals surface area contributed by atoms with Crippen molar-refractivity contribution in [2.75, 3.05) is 52.4 Å². The van der Waals surface area contributed by atoms with E-state index in [0.717, 1.165) is 25.7 Å². The highest BCUT2D eigenvalue weighted by atomic mass is 32.2. The van der Waals surface area contributed by atoms with Crippen LogP contribution in [0.4, 0.5) is 0 Å². The quantitative estimate of drug-likeness (QED) is 0.590. The molecule has 178 valence electrons. The Kier molecular flexibility index (Phi) is 7.18. The number of piperazine rings is 1. The van der Waals surface area contributed by atoms with Gasteiger partial charge in [-0.2, -0.15) is 17.0 Å². The maximum Gasteiger partial charge on any atom is 0.282 e. The maximum atomic E-state index is 13.0. The Morgan fingerprint density at radius 1 is 0.969 bits per heavy atom. The van der Waals surface area contributed by atoms with Gasteiger partial charge in [0.15, 0.2) is 0 Å². The van der Waals surface area contributed by atoms with Gasteiger partial charge in [-0.1, -0.05) is 6.07 Å². The van der Waals surface area contributed by atoms with Gasteiger partial charge in [0.25, 0.3) is 16.1 Å². The third kappa shape index (κ3) is 5.15. The highest BCUT2D eigenvalue weighted by Gasteiger charge is 2.35. The molecule has 1 aromatic rings. The van der Waals surface area contributed by atoms with Crippen molar-refractivity contribution < 1.29 is 26.4 Å². The van der Waals surface area contributed by atoms with Crippen LogP contribution in [-0.2, 0) is 25.0 Å². The predicted octanol–water partition coefficient (Wildman–Crippen LogP) is 0.242. The summed E-state index contributed by atoms with van der Waals surface area (Å²) >= 11 is 0. The molecule has 0 radical (unpaired) electrons. The summed E-state index contributed by atoms with van der Waals surface area (Å²) in [5.74, 6) is -0.306. The van der Waals surface area contributed by atoms with Crippen molar-refractivity contribution in [3.05, 3.63) is 29.8 Å². The molecule has 1 amide bonds. The summed E-state index contributed by atoms with van der Waals surface area (Å²) in [6, 6.07) is 5.94. The zero-order valence-electron chi connectivity index (χ0n) is 18.0. The third-order valence-electron chi connectivity index (χ3n) is 6.16. The van der Waals surface area contributed by atoms with Gasteiger partial charge < -0.3 is 9.64 Å². The summed E-state index contributed by atoms with van der Waals surface area (Å²) in [5.41, 5.74) is 0.265. The van der Waals surface area contributed by atoms with Gasteiger partial charge in [0, 0.05) is 58.0 Å². The van der Waals surface area contributed by atoms with E-state index in [1.165, 1.54) is 20.7 Å². The molecule has 0 bridgehead atoms. The fourth-order valence-electron chi connectivity index (χ4n) is 4.27. The SMILES string of the molecule is O=C(c1cccc(S(=O)(=O)NCC2CCCO2)c1)N1CCN(S(=O)(=O)N2CCCC2)CC1. The second kappa shape index (κ2) is 9.74. The standard InChI is InChI=1S/C20H30N4O6S2/c25-20(22-10-12-24(13-11-22)32(28,29)23-8-1-2-9-23)17-5-3-7-19(15-17)31(26,27)21-16-18-6-4-14-30-18/h3,5,7,15,18,21H,1-2,4,6,8-14,16H2. The average molecular weight is 487 g/mol.